The van der Waals surface area contributed by atoms with Crippen LogP contribution in [0.2, 0.25) is 0 Å². The molecule has 5 aromatic rings. The number of nitrogens with zero attached hydrogens (tertiary/aromatic N) is 9. The number of aromatic nitrogens is 10. The van der Waals surface area contributed by atoms with Gasteiger partial charge >= 0.3 is 5.69 Å². The number of rotatable bonds is 7. The van der Waals surface area contributed by atoms with Crippen molar-refractivity contribution in [2.24, 2.45) is 7.05 Å². The maximum absolute atomic E-state index is 13.4. The van der Waals surface area contributed by atoms with Gasteiger partial charge < -0.3 is 4.57 Å². The second kappa shape index (κ2) is 8.61. The first-order chi connectivity index (χ1) is 16.2. The highest BCUT2D eigenvalue weighted by Crippen LogP contribution is 2.32. The molecule has 11 heteroatoms. The van der Waals surface area contributed by atoms with Crippen molar-refractivity contribution in [1.29, 1.82) is 0 Å². The highest BCUT2D eigenvalue weighted by molar-refractivity contribution is 5.81. The first-order valence-electron chi connectivity index (χ1n) is 10.6. The van der Waals surface area contributed by atoms with E-state index in [1.807, 2.05) is 43.6 Å². The molecule has 0 aliphatic rings. The molecule has 33 heavy (non-hydrogen) atoms. The second-order valence-corrected chi connectivity index (χ2v) is 7.68. The zero-order valence-corrected chi connectivity index (χ0v) is 18.3. The highest BCUT2D eigenvalue weighted by Gasteiger charge is 2.18. The maximum atomic E-state index is 13.4. The Morgan fingerprint density at radius 1 is 1.06 bits per heavy atom. The third-order valence-electron chi connectivity index (χ3n) is 5.52. The van der Waals surface area contributed by atoms with Crippen LogP contribution < -0.4 is 5.69 Å². The lowest BCUT2D eigenvalue weighted by molar-refractivity contribution is 0.681. The molecule has 4 aromatic heterocycles. The monoisotopic (exact) mass is 442 g/mol. The van der Waals surface area contributed by atoms with Gasteiger partial charge in [-0.25, -0.2) is 14.5 Å². The lowest BCUT2D eigenvalue weighted by Crippen LogP contribution is -2.26. The van der Waals surface area contributed by atoms with Gasteiger partial charge in [0.2, 0.25) is 5.95 Å². The Labute approximate surface area is 188 Å². The summed E-state index contributed by atoms with van der Waals surface area (Å²) in [6.45, 7) is 2.46. The van der Waals surface area contributed by atoms with Crippen LogP contribution in [-0.4, -0.2) is 49.5 Å². The topological polar surface area (TPSA) is 125 Å². The molecule has 0 radical (unpaired) electrons. The summed E-state index contributed by atoms with van der Waals surface area (Å²) in [5.74, 6) is 1.05. The molecule has 4 heterocycles. The predicted octanol–water partition coefficient (Wildman–Crippen LogP) is 2.01. The fraction of sp³-hybridized carbons (Fsp3) is 0.227. The van der Waals surface area contributed by atoms with E-state index in [2.05, 4.69) is 42.7 Å². The number of H-pyrrole nitrogens is 1. The Bertz CT molecular complexity index is 1440. The fourth-order valence-electron chi connectivity index (χ4n) is 3.97. The molecule has 11 nitrogen and oxygen atoms in total. The summed E-state index contributed by atoms with van der Waals surface area (Å²) in [5, 5.41) is 22.3. The summed E-state index contributed by atoms with van der Waals surface area (Å²) in [6, 6.07) is 9.82. The number of aryl methyl sites for hydroxylation is 2. The van der Waals surface area contributed by atoms with Gasteiger partial charge in [-0.15, -0.1) is 15.3 Å². The molecule has 0 aliphatic carbocycles. The van der Waals surface area contributed by atoms with E-state index in [1.54, 1.807) is 32.4 Å². The molecule has 0 spiro atoms. The first-order valence-corrected chi connectivity index (χ1v) is 10.6. The zero-order valence-electron chi connectivity index (χ0n) is 18.3. The minimum Gasteiger partial charge on any atom is -0.302 e. The van der Waals surface area contributed by atoms with Crippen molar-refractivity contribution in [3.63, 3.8) is 0 Å². The summed E-state index contributed by atoms with van der Waals surface area (Å²) >= 11 is 0. The van der Waals surface area contributed by atoms with Crippen LogP contribution in [0.4, 0.5) is 0 Å². The van der Waals surface area contributed by atoms with Crippen LogP contribution in [0.25, 0.3) is 28.5 Å². The average molecular weight is 442 g/mol. The standard InChI is InChI=1S/C22H22N10O/c1-3-6-16-13-32(21-27-24-14-30(21)2)22(33)31(16)12-15-11-23-10-9-17(15)18-7-4-5-8-19(18)20-25-28-29-26-20/h4-5,7-11,13-14H,3,6,12H2,1-2H3,(H,25,26,28,29). The number of nitrogens with one attached hydrogen (secondary N) is 1. The van der Waals surface area contributed by atoms with E-state index in [4.69, 9.17) is 0 Å². The Hall–Kier alpha value is -4.41. The Kier molecular flexibility index (Phi) is 5.35. The van der Waals surface area contributed by atoms with Gasteiger partial charge in [0.15, 0.2) is 5.82 Å². The molecule has 0 atom stereocenters. The van der Waals surface area contributed by atoms with Gasteiger partial charge in [0.1, 0.15) is 6.33 Å². The molecule has 1 N–H and O–H groups in total. The van der Waals surface area contributed by atoms with E-state index in [0.29, 0.717) is 18.3 Å². The van der Waals surface area contributed by atoms with E-state index < -0.39 is 0 Å². The predicted molar refractivity (Wildman–Crippen MR) is 121 cm³/mol. The average Bonchev–Trinajstić information content (AvgIpc) is 3.58. The van der Waals surface area contributed by atoms with Gasteiger partial charge in [0, 0.05) is 36.9 Å². The van der Waals surface area contributed by atoms with E-state index in [1.165, 1.54) is 0 Å². The summed E-state index contributed by atoms with van der Waals surface area (Å²) in [6.07, 6.45) is 8.63. The number of hydrogen-bond acceptors (Lipinski definition) is 7. The molecular weight excluding hydrogens is 420 g/mol. The molecule has 0 unspecified atom stereocenters. The van der Waals surface area contributed by atoms with Crippen molar-refractivity contribution >= 4 is 0 Å². The minimum absolute atomic E-state index is 0.169. The van der Waals surface area contributed by atoms with Gasteiger partial charge in [-0.2, -0.15) is 0 Å². The number of hydrogen-bond donors (Lipinski definition) is 1. The number of pyridine rings is 1. The lowest BCUT2D eigenvalue weighted by Gasteiger charge is -2.13. The Morgan fingerprint density at radius 2 is 1.91 bits per heavy atom. The van der Waals surface area contributed by atoms with Crippen LogP contribution >= 0.6 is 0 Å². The van der Waals surface area contributed by atoms with Crippen molar-refractivity contribution in [2.45, 2.75) is 26.3 Å². The number of aromatic amines is 1. The van der Waals surface area contributed by atoms with E-state index >= 15 is 0 Å². The maximum Gasteiger partial charge on any atom is 0.335 e. The second-order valence-electron chi connectivity index (χ2n) is 7.68. The number of tetrazole rings is 1. The van der Waals surface area contributed by atoms with Crippen LogP contribution in [0.5, 0.6) is 0 Å². The lowest BCUT2D eigenvalue weighted by atomic mass is 9.96. The van der Waals surface area contributed by atoms with Gasteiger partial charge in [0.05, 0.1) is 6.54 Å². The molecular formula is C22H22N10O. The number of imidazole rings is 1. The molecule has 1 aromatic carbocycles. The molecule has 166 valence electrons. The summed E-state index contributed by atoms with van der Waals surface area (Å²) in [5.41, 5.74) is 4.44. The van der Waals surface area contributed by atoms with Crippen LogP contribution in [0.1, 0.15) is 24.6 Å². The fourth-order valence-corrected chi connectivity index (χ4v) is 3.97. The number of benzene rings is 1. The normalized spacial score (nSPS) is 11.2. The molecule has 0 saturated heterocycles. The van der Waals surface area contributed by atoms with Gasteiger partial charge in [-0.1, -0.05) is 37.6 Å². The van der Waals surface area contributed by atoms with Crippen molar-refractivity contribution < 1.29 is 0 Å². The van der Waals surface area contributed by atoms with Crippen LogP contribution in [0.3, 0.4) is 0 Å². The molecule has 0 fully saturated rings. The molecule has 0 saturated carbocycles. The quantitative estimate of drug-likeness (QED) is 0.409. The highest BCUT2D eigenvalue weighted by atomic mass is 16.1. The smallest absolute Gasteiger partial charge is 0.302 e. The third-order valence-corrected chi connectivity index (χ3v) is 5.52. The largest absolute Gasteiger partial charge is 0.335 e. The van der Waals surface area contributed by atoms with Gasteiger partial charge in [0.25, 0.3) is 0 Å². The molecule has 0 aliphatic heterocycles. The van der Waals surface area contributed by atoms with E-state index in [-0.39, 0.29) is 5.69 Å². The molecule has 0 bridgehead atoms. The zero-order chi connectivity index (χ0) is 22.8. The van der Waals surface area contributed by atoms with Crippen LogP contribution in [-0.2, 0) is 20.0 Å². The van der Waals surface area contributed by atoms with Crippen LogP contribution in [0.15, 0.2) is 60.0 Å². The molecule has 0 amide bonds. The SMILES string of the molecule is CCCc1cn(-c2nncn2C)c(=O)n1Cc1cnccc1-c1ccccc1-c1nnn[nH]1. The van der Waals surface area contributed by atoms with Crippen LogP contribution in [0, 0.1) is 0 Å². The van der Waals surface area contributed by atoms with Gasteiger partial charge in [-0.05, 0) is 39.6 Å². The van der Waals surface area contributed by atoms with E-state index in [9.17, 15) is 4.79 Å². The summed E-state index contributed by atoms with van der Waals surface area (Å²) in [4.78, 5) is 17.8. The van der Waals surface area contributed by atoms with Crippen molar-refractivity contribution in [1.82, 2.24) is 49.5 Å². The van der Waals surface area contributed by atoms with Crippen molar-refractivity contribution in [3.8, 4) is 28.5 Å². The minimum atomic E-state index is -0.169. The van der Waals surface area contributed by atoms with Gasteiger partial charge in [-0.3, -0.25) is 9.55 Å². The summed E-state index contributed by atoms with van der Waals surface area (Å²) < 4.78 is 5.04. The van der Waals surface area contributed by atoms with Crippen molar-refractivity contribution in [2.75, 3.05) is 0 Å². The Balaban J connectivity index is 1.62. The third kappa shape index (κ3) is 3.73. The molecule has 5 rings (SSSR count). The van der Waals surface area contributed by atoms with Crippen molar-refractivity contribution in [3.05, 3.63) is 77.0 Å². The Morgan fingerprint density at radius 3 is 2.64 bits per heavy atom. The van der Waals surface area contributed by atoms with E-state index in [0.717, 1.165) is 40.8 Å². The first kappa shape index (κ1) is 20.5. The summed E-state index contributed by atoms with van der Waals surface area (Å²) in [7, 11) is 1.81.